The molecule has 0 bridgehead atoms. The van der Waals surface area contributed by atoms with Crippen LogP contribution in [0.1, 0.15) is 26.2 Å². The molecule has 0 rings (SSSR count). The van der Waals surface area contributed by atoms with Crippen molar-refractivity contribution < 1.29 is 4.79 Å². The molecule has 9 heavy (non-hydrogen) atoms. The molecule has 0 atom stereocenters. The predicted octanol–water partition coefficient (Wildman–Crippen LogP) is 2.30. The summed E-state index contributed by atoms with van der Waals surface area (Å²) in [5, 5.41) is -0.411. The lowest BCUT2D eigenvalue weighted by molar-refractivity contribution is 0.268. The van der Waals surface area contributed by atoms with Gasteiger partial charge in [0.15, 0.2) is 0 Å². The van der Waals surface area contributed by atoms with Gasteiger partial charge in [0, 0.05) is 6.21 Å². The number of nitrogens with zero attached hydrogens (tertiary/aromatic N) is 1. The van der Waals surface area contributed by atoms with Crippen LogP contribution in [0.3, 0.4) is 0 Å². The third-order valence-corrected chi connectivity index (χ3v) is 1.00. The van der Waals surface area contributed by atoms with Gasteiger partial charge in [0.05, 0.1) is 0 Å². The molecular weight excluding hydrogens is 134 g/mol. The highest BCUT2D eigenvalue weighted by molar-refractivity contribution is 7.96. The minimum absolute atomic E-state index is 0.411. The number of hydrogen-bond donors (Lipinski definition) is 1. The Labute approximate surface area is 60.8 Å². The second-order valence-corrected chi connectivity index (χ2v) is 2.12. The number of rotatable bonds is 3. The first kappa shape index (κ1) is 8.69. The molecule has 0 radical (unpaired) electrons. The van der Waals surface area contributed by atoms with Crippen molar-refractivity contribution >= 4 is 24.1 Å². The van der Waals surface area contributed by atoms with Crippen LogP contribution < -0.4 is 0 Å². The zero-order chi connectivity index (χ0) is 7.11. The maximum atomic E-state index is 10.1. The van der Waals surface area contributed by atoms with E-state index in [1.165, 1.54) is 0 Å². The van der Waals surface area contributed by atoms with Gasteiger partial charge >= 0.3 is 5.24 Å². The molecular formula is C6H11NOS. The van der Waals surface area contributed by atoms with Crippen LogP contribution in [0.15, 0.2) is 4.99 Å². The van der Waals surface area contributed by atoms with Gasteiger partial charge in [-0.05, 0) is 12.8 Å². The Hall–Kier alpha value is -0.310. The second-order valence-electron chi connectivity index (χ2n) is 1.74. The van der Waals surface area contributed by atoms with Gasteiger partial charge in [0.2, 0.25) is 0 Å². The molecule has 0 aliphatic carbocycles. The first-order chi connectivity index (χ1) is 4.27. The van der Waals surface area contributed by atoms with Gasteiger partial charge in [0.1, 0.15) is 0 Å². The van der Waals surface area contributed by atoms with Crippen molar-refractivity contribution in [2.24, 2.45) is 4.99 Å². The van der Waals surface area contributed by atoms with Crippen molar-refractivity contribution in [3.05, 3.63) is 0 Å². The van der Waals surface area contributed by atoms with Crippen LogP contribution in [0.4, 0.5) is 4.79 Å². The monoisotopic (exact) mass is 145 g/mol. The molecule has 0 aliphatic heterocycles. The maximum absolute atomic E-state index is 10.1. The van der Waals surface area contributed by atoms with Crippen LogP contribution in [0, 0.1) is 0 Å². The highest BCUT2D eigenvalue weighted by Gasteiger charge is 1.82. The third kappa shape index (κ3) is 7.69. The predicted molar refractivity (Wildman–Crippen MR) is 42.4 cm³/mol. The minimum atomic E-state index is -0.411. The van der Waals surface area contributed by atoms with Gasteiger partial charge < -0.3 is 0 Å². The number of unbranched alkanes of at least 4 members (excludes halogenated alkanes) is 2. The lowest BCUT2D eigenvalue weighted by Crippen LogP contribution is -1.78. The fraction of sp³-hybridized carbons (Fsp3) is 0.667. The molecule has 0 aromatic heterocycles. The molecule has 52 valence electrons. The molecule has 0 saturated heterocycles. The first-order valence-corrected chi connectivity index (χ1v) is 3.47. The number of thiol groups is 1. The maximum Gasteiger partial charge on any atom is 0.301 e. The van der Waals surface area contributed by atoms with Gasteiger partial charge in [0.25, 0.3) is 0 Å². The summed E-state index contributed by atoms with van der Waals surface area (Å²) in [5.41, 5.74) is 0. The van der Waals surface area contributed by atoms with Crippen molar-refractivity contribution in [1.29, 1.82) is 0 Å². The van der Waals surface area contributed by atoms with E-state index >= 15 is 0 Å². The topological polar surface area (TPSA) is 29.4 Å². The molecule has 0 fully saturated rings. The summed E-state index contributed by atoms with van der Waals surface area (Å²) in [4.78, 5) is 13.5. The van der Waals surface area contributed by atoms with Crippen LogP contribution in [-0.4, -0.2) is 11.5 Å². The van der Waals surface area contributed by atoms with E-state index in [0.29, 0.717) is 0 Å². The Morgan fingerprint density at radius 1 is 1.78 bits per heavy atom. The fourth-order valence-corrected chi connectivity index (χ4v) is 0.520. The molecule has 0 unspecified atom stereocenters. The zero-order valence-electron chi connectivity index (χ0n) is 5.50. The molecule has 0 heterocycles. The number of amides is 1. The largest absolute Gasteiger partial charge is 0.301 e. The van der Waals surface area contributed by atoms with E-state index in [2.05, 4.69) is 24.5 Å². The summed E-state index contributed by atoms with van der Waals surface area (Å²) < 4.78 is 0. The fourth-order valence-electron chi connectivity index (χ4n) is 0.438. The molecule has 0 aliphatic rings. The Balaban J connectivity index is 3.15. The standard InChI is InChI=1S/C6H11NOS/c1-2-3-4-5-7-6(8)9/h5H,2-4H2,1H3,(H,8,9). The molecule has 0 spiro atoms. The van der Waals surface area contributed by atoms with Gasteiger partial charge in [-0.1, -0.05) is 26.0 Å². The third-order valence-electron chi connectivity index (χ3n) is 0.889. The van der Waals surface area contributed by atoms with Crippen LogP contribution in [0.5, 0.6) is 0 Å². The summed E-state index contributed by atoms with van der Waals surface area (Å²) in [7, 11) is 0. The Bertz CT molecular complexity index is 112. The van der Waals surface area contributed by atoms with Crippen molar-refractivity contribution in [2.45, 2.75) is 26.2 Å². The van der Waals surface area contributed by atoms with Gasteiger partial charge in [-0.3, -0.25) is 4.79 Å². The number of aliphatic imine (C=N–C) groups is 1. The highest BCUT2D eigenvalue weighted by Crippen LogP contribution is 1.91. The smallest absolute Gasteiger partial charge is 0.260 e. The van der Waals surface area contributed by atoms with Crippen LogP contribution >= 0.6 is 12.6 Å². The summed E-state index contributed by atoms with van der Waals surface area (Å²) >= 11 is 3.46. The Morgan fingerprint density at radius 3 is 2.89 bits per heavy atom. The van der Waals surface area contributed by atoms with E-state index in [9.17, 15) is 4.79 Å². The van der Waals surface area contributed by atoms with Crippen molar-refractivity contribution in [3.8, 4) is 0 Å². The van der Waals surface area contributed by atoms with Crippen molar-refractivity contribution in [1.82, 2.24) is 0 Å². The zero-order valence-corrected chi connectivity index (χ0v) is 6.40. The minimum Gasteiger partial charge on any atom is -0.260 e. The molecule has 0 aromatic rings. The summed E-state index contributed by atoms with van der Waals surface area (Å²) in [6.07, 6.45) is 4.71. The van der Waals surface area contributed by atoms with Gasteiger partial charge in [-0.25, -0.2) is 4.99 Å². The van der Waals surface area contributed by atoms with Crippen LogP contribution in [0.2, 0.25) is 0 Å². The number of carbonyl (C=O) groups is 1. The lowest BCUT2D eigenvalue weighted by atomic mass is 10.3. The van der Waals surface area contributed by atoms with E-state index in [0.717, 1.165) is 19.3 Å². The van der Waals surface area contributed by atoms with Crippen molar-refractivity contribution in [3.63, 3.8) is 0 Å². The summed E-state index contributed by atoms with van der Waals surface area (Å²) in [6, 6.07) is 0. The lowest BCUT2D eigenvalue weighted by Gasteiger charge is -1.84. The van der Waals surface area contributed by atoms with E-state index in [4.69, 9.17) is 0 Å². The first-order valence-electron chi connectivity index (χ1n) is 3.02. The Morgan fingerprint density at radius 2 is 2.44 bits per heavy atom. The van der Waals surface area contributed by atoms with E-state index < -0.39 is 5.24 Å². The van der Waals surface area contributed by atoms with E-state index in [1.54, 1.807) is 6.21 Å². The van der Waals surface area contributed by atoms with Crippen LogP contribution in [0.25, 0.3) is 0 Å². The number of hydrogen-bond acceptors (Lipinski definition) is 1. The van der Waals surface area contributed by atoms with Crippen LogP contribution in [-0.2, 0) is 0 Å². The quantitative estimate of drug-likeness (QED) is 0.368. The van der Waals surface area contributed by atoms with Crippen molar-refractivity contribution in [2.75, 3.05) is 0 Å². The molecule has 0 saturated carbocycles. The summed E-state index contributed by atoms with van der Waals surface area (Å²) in [6.45, 7) is 2.09. The van der Waals surface area contributed by atoms with Gasteiger partial charge in [-0.2, -0.15) is 0 Å². The summed E-state index contributed by atoms with van der Waals surface area (Å²) in [5.74, 6) is 0. The highest BCUT2D eigenvalue weighted by atomic mass is 32.1. The van der Waals surface area contributed by atoms with E-state index in [-0.39, 0.29) is 0 Å². The molecule has 0 aromatic carbocycles. The molecule has 0 N–H and O–H groups in total. The normalized spacial score (nSPS) is 10.4. The molecule has 3 heteroatoms. The van der Waals surface area contributed by atoms with E-state index in [1.807, 2.05) is 0 Å². The average Bonchev–Trinajstić information content (AvgIpc) is 1.80. The second kappa shape index (κ2) is 5.82. The molecule has 1 amide bonds. The molecule has 2 nitrogen and oxygen atoms in total. The number of carbonyl (C=O) groups excluding carboxylic acids is 1. The SMILES string of the molecule is CCCCC=NC(=O)S. The Kier molecular flexibility index (Phi) is 5.62. The van der Waals surface area contributed by atoms with Gasteiger partial charge in [-0.15, -0.1) is 0 Å². The average molecular weight is 145 g/mol.